The summed E-state index contributed by atoms with van der Waals surface area (Å²) in [6.45, 7) is 4.60. The second-order valence-corrected chi connectivity index (χ2v) is 6.45. The van der Waals surface area contributed by atoms with Crippen LogP contribution in [-0.2, 0) is 13.0 Å². The van der Waals surface area contributed by atoms with Gasteiger partial charge in [-0.25, -0.2) is 4.98 Å². The molecule has 1 aromatic heterocycles. The van der Waals surface area contributed by atoms with Crippen LogP contribution in [0.2, 0.25) is 5.02 Å². The van der Waals surface area contributed by atoms with Gasteiger partial charge >= 0.3 is 0 Å². The van der Waals surface area contributed by atoms with Gasteiger partial charge in [0.15, 0.2) is 0 Å². The first-order valence-corrected chi connectivity index (χ1v) is 8.18. The van der Waals surface area contributed by atoms with Crippen molar-refractivity contribution in [3.8, 4) is 5.75 Å². The van der Waals surface area contributed by atoms with Gasteiger partial charge in [0, 0.05) is 36.4 Å². The first-order valence-electron chi connectivity index (χ1n) is 7.80. The molecule has 1 N–H and O–H groups in total. The van der Waals surface area contributed by atoms with E-state index in [1.807, 2.05) is 20.0 Å². The number of amides is 1. The molecule has 1 amide bonds. The van der Waals surface area contributed by atoms with Crippen LogP contribution in [0.3, 0.4) is 0 Å². The van der Waals surface area contributed by atoms with Crippen LogP contribution >= 0.6 is 11.6 Å². The van der Waals surface area contributed by atoms with E-state index in [0.717, 1.165) is 25.2 Å². The zero-order valence-electron chi connectivity index (χ0n) is 13.3. The maximum Gasteiger partial charge on any atom is 0.255 e. The van der Waals surface area contributed by atoms with E-state index in [0.29, 0.717) is 16.3 Å². The largest absolute Gasteiger partial charge is 0.490 e. The lowest BCUT2D eigenvalue weighted by atomic mass is 10.1. The van der Waals surface area contributed by atoms with Gasteiger partial charge in [0.25, 0.3) is 5.91 Å². The molecule has 0 saturated heterocycles. The number of hydrogen-bond acceptors (Lipinski definition) is 3. The minimum Gasteiger partial charge on any atom is -0.490 e. The van der Waals surface area contributed by atoms with Gasteiger partial charge in [-0.1, -0.05) is 11.6 Å². The third-order valence-electron chi connectivity index (χ3n) is 3.82. The van der Waals surface area contributed by atoms with Crippen molar-refractivity contribution < 1.29 is 9.53 Å². The SMILES string of the molecule is CC(C)Oc1ccc(Cl)cc1C(=O)N[C@H]1CCc2nccn2C1. The number of aryl methyl sites for hydroxylation is 1. The predicted octanol–water partition coefficient (Wildman–Crippen LogP) is 3.07. The highest BCUT2D eigenvalue weighted by Gasteiger charge is 2.22. The fourth-order valence-electron chi connectivity index (χ4n) is 2.78. The van der Waals surface area contributed by atoms with Crippen molar-refractivity contribution in [3.63, 3.8) is 0 Å². The van der Waals surface area contributed by atoms with Crippen molar-refractivity contribution in [2.45, 2.75) is 45.4 Å². The van der Waals surface area contributed by atoms with Gasteiger partial charge < -0.3 is 14.6 Å². The lowest BCUT2D eigenvalue weighted by Gasteiger charge is -2.25. The highest BCUT2D eigenvalue weighted by atomic mass is 35.5. The van der Waals surface area contributed by atoms with Crippen molar-refractivity contribution in [3.05, 3.63) is 47.0 Å². The monoisotopic (exact) mass is 333 g/mol. The summed E-state index contributed by atoms with van der Waals surface area (Å²) >= 11 is 6.04. The van der Waals surface area contributed by atoms with E-state index in [1.165, 1.54) is 0 Å². The number of fused-ring (bicyclic) bond motifs is 1. The molecule has 1 aliphatic heterocycles. The Bertz CT molecular complexity index is 712. The molecule has 0 spiro atoms. The summed E-state index contributed by atoms with van der Waals surface area (Å²) in [5.41, 5.74) is 0.475. The predicted molar refractivity (Wildman–Crippen MR) is 89.0 cm³/mol. The molecule has 0 aliphatic carbocycles. The molecule has 2 heterocycles. The van der Waals surface area contributed by atoms with Crippen molar-refractivity contribution in [2.24, 2.45) is 0 Å². The van der Waals surface area contributed by atoms with Crippen molar-refractivity contribution >= 4 is 17.5 Å². The van der Waals surface area contributed by atoms with Gasteiger partial charge in [-0.05, 0) is 38.5 Å². The van der Waals surface area contributed by atoms with E-state index in [2.05, 4.69) is 14.9 Å². The zero-order chi connectivity index (χ0) is 16.4. The summed E-state index contributed by atoms with van der Waals surface area (Å²) < 4.78 is 7.80. The van der Waals surface area contributed by atoms with Gasteiger partial charge in [-0.3, -0.25) is 4.79 Å². The molecule has 3 rings (SSSR count). The topological polar surface area (TPSA) is 56.1 Å². The Morgan fingerprint density at radius 1 is 1.48 bits per heavy atom. The molecule has 122 valence electrons. The van der Waals surface area contributed by atoms with Crippen molar-refractivity contribution in [2.75, 3.05) is 0 Å². The summed E-state index contributed by atoms with van der Waals surface area (Å²) in [5, 5.41) is 3.60. The number of carbonyl (C=O) groups is 1. The van der Waals surface area contributed by atoms with E-state index in [-0.39, 0.29) is 18.1 Å². The maximum absolute atomic E-state index is 12.6. The molecule has 0 radical (unpaired) electrons. The van der Waals surface area contributed by atoms with Crippen LogP contribution in [0, 0.1) is 0 Å². The van der Waals surface area contributed by atoms with Crippen LogP contribution in [-0.4, -0.2) is 27.6 Å². The maximum atomic E-state index is 12.6. The number of benzene rings is 1. The number of carbonyl (C=O) groups excluding carboxylic acids is 1. The summed E-state index contributed by atoms with van der Waals surface area (Å²) in [7, 11) is 0. The zero-order valence-corrected chi connectivity index (χ0v) is 14.0. The Morgan fingerprint density at radius 3 is 3.09 bits per heavy atom. The first-order chi connectivity index (χ1) is 11.0. The van der Waals surface area contributed by atoms with E-state index < -0.39 is 0 Å². The molecule has 6 heteroatoms. The molecule has 2 aromatic rings. The number of ether oxygens (including phenoxy) is 1. The molecular formula is C17H20ClN3O2. The minimum atomic E-state index is -0.156. The number of aromatic nitrogens is 2. The molecule has 0 saturated carbocycles. The molecule has 1 atom stereocenters. The van der Waals surface area contributed by atoms with Crippen LogP contribution in [0.1, 0.15) is 36.5 Å². The Hall–Kier alpha value is -2.01. The van der Waals surface area contributed by atoms with Crippen LogP contribution in [0.25, 0.3) is 0 Å². The lowest BCUT2D eigenvalue weighted by molar-refractivity contribution is 0.0921. The summed E-state index contributed by atoms with van der Waals surface area (Å²) in [4.78, 5) is 16.9. The van der Waals surface area contributed by atoms with Gasteiger partial charge in [0.2, 0.25) is 0 Å². The Labute approximate surface area is 140 Å². The van der Waals surface area contributed by atoms with Crippen molar-refractivity contribution in [1.29, 1.82) is 0 Å². The second kappa shape index (κ2) is 6.62. The molecule has 0 fully saturated rings. The molecular weight excluding hydrogens is 314 g/mol. The fraction of sp³-hybridized carbons (Fsp3) is 0.412. The molecule has 23 heavy (non-hydrogen) atoms. The van der Waals surface area contributed by atoms with E-state index in [1.54, 1.807) is 24.4 Å². The van der Waals surface area contributed by atoms with E-state index in [9.17, 15) is 4.79 Å². The van der Waals surface area contributed by atoms with Crippen molar-refractivity contribution in [1.82, 2.24) is 14.9 Å². The summed E-state index contributed by atoms with van der Waals surface area (Å²) in [6, 6.07) is 5.20. The molecule has 5 nitrogen and oxygen atoms in total. The van der Waals surface area contributed by atoms with Gasteiger partial charge in [-0.2, -0.15) is 0 Å². The summed E-state index contributed by atoms with van der Waals surface area (Å²) in [5.74, 6) is 1.47. The summed E-state index contributed by atoms with van der Waals surface area (Å²) in [6.07, 6.45) is 5.48. The van der Waals surface area contributed by atoms with Crippen LogP contribution in [0.5, 0.6) is 5.75 Å². The quantitative estimate of drug-likeness (QED) is 0.935. The lowest BCUT2D eigenvalue weighted by Crippen LogP contribution is -2.41. The number of nitrogens with zero attached hydrogens (tertiary/aromatic N) is 2. The fourth-order valence-corrected chi connectivity index (χ4v) is 2.96. The van der Waals surface area contributed by atoms with Gasteiger partial charge in [0.05, 0.1) is 11.7 Å². The van der Waals surface area contributed by atoms with Gasteiger partial charge in [0.1, 0.15) is 11.6 Å². The molecule has 1 aliphatic rings. The minimum absolute atomic E-state index is 0.00841. The average Bonchev–Trinajstić information content (AvgIpc) is 2.96. The van der Waals surface area contributed by atoms with Crippen LogP contribution in [0.15, 0.2) is 30.6 Å². The third kappa shape index (κ3) is 3.67. The first kappa shape index (κ1) is 15.9. The number of hydrogen-bond donors (Lipinski definition) is 1. The Kier molecular flexibility index (Phi) is 4.57. The smallest absolute Gasteiger partial charge is 0.255 e. The van der Waals surface area contributed by atoms with E-state index in [4.69, 9.17) is 16.3 Å². The third-order valence-corrected chi connectivity index (χ3v) is 4.05. The highest BCUT2D eigenvalue weighted by Crippen LogP contribution is 2.24. The molecule has 0 unspecified atom stereocenters. The standard InChI is InChI=1S/C17H20ClN3O2/c1-11(2)23-15-5-3-12(18)9-14(15)17(22)20-13-4-6-16-19-7-8-21(16)10-13/h3,5,7-9,11,13H,4,6,10H2,1-2H3,(H,20,22)/t13-/m0/s1. The number of imidazole rings is 1. The molecule has 1 aromatic carbocycles. The second-order valence-electron chi connectivity index (χ2n) is 6.01. The average molecular weight is 334 g/mol. The van der Waals surface area contributed by atoms with Crippen LogP contribution < -0.4 is 10.1 Å². The Morgan fingerprint density at radius 2 is 2.30 bits per heavy atom. The van der Waals surface area contributed by atoms with E-state index >= 15 is 0 Å². The van der Waals surface area contributed by atoms with Crippen LogP contribution in [0.4, 0.5) is 0 Å². The normalized spacial score (nSPS) is 17.0. The Balaban J connectivity index is 1.74. The number of rotatable bonds is 4. The molecule has 0 bridgehead atoms. The van der Waals surface area contributed by atoms with Gasteiger partial charge in [-0.15, -0.1) is 0 Å². The number of halogens is 1. The number of nitrogens with one attached hydrogen (secondary N) is 1. The highest BCUT2D eigenvalue weighted by molar-refractivity contribution is 6.31.